The molecule has 0 aliphatic rings. The smallest absolute Gasteiger partial charge is 0.210 e. The summed E-state index contributed by atoms with van der Waals surface area (Å²) in [5.41, 5.74) is 0.972. The van der Waals surface area contributed by atoms with Crippen LogP contribution in [0.4, 0.5) is 5.69 Å². The molecule has 1 unspecified atom stereocenters. The Bertz CT molecular complexity index is 411. The third kappa shape index (κ3) is 5.21. The van der Waals surface area contributed by atoms with Gasteiger partial charge in [-0.05, 0) is 39.3 Å². The Kier molecular flexibility index (Phi) is 5.68. The van der Waals surface area contributed by atoms with E-state index < -0.39 is 5.72 Å². The lowest BCUT2D eigenvalue weighted by molar-refractivity contribution is -0.318. The molecule has 0 aliphatic carbocycles. The summed E-state index contributed by atoms with van der Waals surface area (Å²) < 4.78 is 0. The first-order chi connectivity index (χ1) is 8.56. The van der Waals surface area contributed by atoms with Crippen molar-refractivity contribution in [2.45, 2.75) is 39.3 Å². The Morgan fingerprint density at radius 3 is 2.56 bits per heavy atom. The first-order valence-corrected chi connectivity index (χ1v) is 6.00. The minimum absolute atomic E-state index is 0.574. The van der Waals surface area contributed by atoms with Crippen LogP contribution in [0, 0.1) is 0 Å². The number of hydrogen-bond acceptors (Lipinski definition) is 4. The Morgan fingerprint density at radius 2 is 2.00 bits per heavy atom. The molecule has 1 rings (SSSR count). The number of benzene rings is 1. The van der Waals surface area contributed by atoms with E-state index in [4.69, 9.17) is 5.26 Å². The van der Waals surface area contributed by atoms with Crippen LogP contribution in [-0.4, -0.2) is 11.0 Å². The summed E-state index contributed by atoms with van der Waals surface area (Å²) in [6.07, 6.45) is 3.44. The highest BCUT2D eigenvalue weighted by Gasteiger charge is 2.24. The van der Waals surface area contributed by atoms with E-state index in [0.29, 0.717) is 6.42 Å². The van der Waals surface area contributed by atoms with Gasteiger partial charge in [-0.1, -0.05) is 29.8 Å². The zero-order chi connectivity index (χ0) is 13.4. The van der Waals surface area contributed by atoms with Crippen LogP contribution in [0.25, 0.3) is 0 Å². The third-order valence-corrected chi connectivity index (χ3v) is 2.49. The summed E-state index contributed by atoms with van der Waals surface area (Å²) in [4.78, 5) is 4.45. The Labute approximate surface area is 108 Å². The quantitative estimate of drug-likeness (QED) is 0.342. The second-order valence-electron chi connectivity index (χ2n) is 4.62. The molecule has 1 N–H and O–H groups in total. The molecule has 1 atom stereocenters. The Hall–Kier alpha value is -1.52. The molecule has 0 fully saturated rings. The van der Waals surface area contributed by atoms with Crippen LogP contribution in [0.5, 0.6) is 0 Å². The van der Waals surface area contributed by atoms with E-state index in [-0.39, 0.29) is 0 Å². The van der Waals surface area contributed by atoms with Gasteiger partial charge in [0.2, 0.25) is 5.72 Å². The highest BCUT2D eigenvalue weighted by molar-refractivity contribution is 5.34. The molecule has 0 saturated carbocycles. The molecule has 0 aliphatic heterocycles. The molecule has 0 aromatic heterocycles. The highest BCUT2D eigenvalue weighted by atomic mass is 17.1. The zero-order valence-corrected chi connectivity index (χ0v) is 11.1. The molecule has 0 saturated heterocycles. The fourth-order valence-electron chi connectivity index (χ4n) is 1.40. The second-order valence-corrected chi connectivity index (χ2v) is 4.62. The van der Waals surface area contributed by atoms with Crippen molar-refractivity contribution in [3.63, 3.8) is 0 Å². The number of rotatable bonds is 6. The van der Waals surface area contributed by atoms with Crippen molar-refractivity contribution < 1.29 is 10.1 Å². The summed E-state index contributed by atoms with van der Waals surface area (Å²) in [6.45, 7) is 5.77. The van der Waals surface area contributed by atoms with Crippen LogP contribution in [0.1, 0.15) is 33.6 Å². The maximum atomic E-state index is 8.95. The monoisotopic (exact) mass is 248 g/mol. The molecule has 0 radical (unpaired) electrons. The van der Waals surface area contributed by atoms with E-state index in [9.17, 15) is 0 Å². The lowest BCUT2D eigenvalue weighted by Crippen LogP contribution is -2.23. The van der Waals surface area contributed by atoms with Gasteiger partial charge in [0.25, 0.3) is 0 Å². The molecule has 4 heteroatoms. The number of azo groups is 1. The van der Waals surface area contributed by atoms with Gasteiger partial charge in [0.1, 0.15) is 0 Å². The summed E-state index contributed by atoms with van der Waals surface area (Å²) in [6, 6.07) is 9.37. The predicted octanol–water partition coefficient (Wildman–Crippen LogP) is 4.72. The van der Waals surface area contributed by atoms with Crippen LogP contribution < -0.4 is 0 Å². The summed E-state index contributed by atoms with van der Waals surface area (Å²) in [5.74, 6) is 0. The highest BCUT2D eigenvalue weighted by Crippen LogP contribution is 2.22. The summed E-state index contributed by atoms with van der Waals surface area (Å²) in [7, 11) is 0. The van der Waals surface area contributed by atoms with Crippen LogP contribution in [0.15, 0.2) is 52.2 Å². The fraction of sp³-hybridized carbons (Fsp3) is 0.429. The van der Waals surface area contributed by atoms with Gasteiger partial charge in [0, 0.05) is 6.42 Å². The van der Waals surface area contributed by atoms with E-state index in [2.05, 4.69) is 21.2 Å². The van der Waals surface area contributed by atoms with Crippen molar-refractivity contribution in [2.75, 3.05) is 0 Å². The number of allylic oxidation sites excluding steroid dienone is 2. The predicted molar refractivity (Wildman–Crippen MR) is 71.7 cm³/mol. The normalized spacial score (nSPS) is 14.4. The minimum Gasteiger partial charge on any atom is -0.249 e. The van der Waals surface area contributed by atoms with Gasteiger partial charge in [0.15, 0.2) is 0 Å². The number of hydrogen-bond donors (Lipinski definition) is 1. The van der Waals surface area contributed by atoms with Gasteiger partial charge in [0.05, 0.1) is 5.69 Å². The van der Waals surface area contributed by atoms with Gasteiger partial charge in [-0.3, -0.25) is 0 Å². The zero-order valence-electron chi connectivity index (χ0n) is 11.1. The van der Waals surface area contributed by atoms with Crippen molar-refractivity contribution in [1.82, 2.24) is 0 Å². The van der Waals surface area contributed by atoms with Crippen molar-refractivity contribution in [3.8, 4) is 0 Å². The first-order valence-electron chi connectivity index (χ1n) is 6.00. The molecule has 0 heterocycles. The molecule has 0 amide bonds. The molecule has 98 valence electrons. The molecule has 0 bridgehead atoms. The molecule has 0 spiro atoms. The van der Waals surface area contributed by atoms with E-state index in [1.807, 2.05) is 44.2 Å². The van der Waals surface area contributed by atoms with Crippen LogP contribution in [0.3, 0.4) is 0 Å². The average Bonchev–Trinajstić information content (AvgIpc) is 2.37. The van der Waals surface area contributed by atoms with E-state index in [1.165, 1.54) is 5.57 Å². The minimum atomic E-state index is -0.998. The van der Waals surface area contributed by atoms with E-state index >= 15 is 0 Å². The summed E-state index contributed by atoms with van der Waals surface area (Å²) in [5, 5.41) is 17.1. The molecular formula is C14H20N2O2. The molecule has 1 aromatic carbocycles. The molecule has 4 nitrogen and oxygen atoms in total. The third-order valence-electron chi connectivity index (χ3n) is 2.49. The van der Waals surface area contributed by atoms with Crippen LogP contribution in [-0.2, 0) is 4.89 Å². The van der Waals surface area contributed by atoms with Crippen molar-refractivity contribution in [2.24, 2.45) is 10.2 Å². The van der Waals surface area contributed by atoms with Crippen molar-refractivity contribution >= 4 is 5.69 Å². The van der Waals surface area contributed by atoms with Gasteiger partial charge in [-0.2, -0.15) is 5.11 Å². The SMILES string of the molecule is CC(C)=CCCC(C)(N=Nc1ccccc1)OO. The van der Waals surface area contributed by atoms with Crippen LogP contribution in [0.2, 0.25) is 0 Å². The van der Waals surface area contributed by atoms with Crippen molar-refractivity contribution in [1.29, 1.82) is 0 Å². The maximum absolute atomic E-state index is 8.95. The van der Waals surface area contributed by atoms with Gasteiger partial charge < -0.3 is 0 Å². The largest absolute Gasteiger partial charge is 0.249 e. The lowest BCUT2D eigenvalue weighted by Gasteiger charge is -2.18. The second kappa shape index (κ2) is 7.03. The topological polar surface area (TPSA) is 54.2 Å². The molecular weight excluding hydrogens is 228 g/mol. The van der Waals surface area contributed by atoms with E-state index in [0.717, 1.165) is 12.1 Å². The fourth-order valence-corrected chi connectivity index (χ4v) is 1.40. The van der Waals surface area contributed by atoms with E-state index in [1.54, 1.807) is 6.92 Å². The lowest BCUT2D eigenvalue weighted by atomic mass is 10.1. The number of nitrogens with zero attached hydrogens (tertiary/aromatic N) is 2. The Balaban J connectivity index is 2.64. The van der Waals surface area contributed by atoms with Crippen molar-refractivity contribution in [3.05, 3.63) is 42.0 Å². The van der Waals surface area contributed by atoms with Gasteiger partial charge in [-0.15, -0.1) is 5.11 Å². The molecule has 1 aromatic rings. The Morgan fingerprint density at radius 1 is 1.33 bits per heavy atom. The summed E-state index contributed by atoms with van der Waals surface area (Å²) >= 11 is 0. The first kappa shape index (κ1) is 14.5. The van der Waals surface area contributed by atoms with Crippen LogP contribution >= 0.6 is 0 Å². The average molecular weight is 248 g/mol. The standard InChI is InChI=1S/C14H20N2O2/c1-12(2)8-7-11-14(3,18-17)16-15-13-9-5-4-6-10-13/h4-6,8-10,17H,7,11H2,1-3H3. The maximum Gasteiger partial charge on any atom is 0.210 e. The molecule has 18 heavy (non-hydrogen) atoms. The van der Waals surface area contributed by atoms with Gasteiger partial charge >= 0.3 is 0 Å². The van der Waals surface area contributed by atoms with Gasteiger partial charge in [-0.25, -0.2) is 10.1 Å².